The number of ether oxygens (including phenoxy) is 4. The Bertz CT molecular complexity index is 2330. The number of nitro groups is 3. The molecule has 0 aliphatic carbocycles. The minimum Gasteiger partial charge on any atom is -0.459 e. The van der Waals surface area contributed by atoms with Crippen LogP contribution in [0.25, 0.3) is 11.2 Å². The Hall–Kier alpha value is -7.20. The van der Waals surface area contributed by atoms with Crippen LogP contribution in [0.3, 0.4) is 0 Å². The second-order valence-electron chi connectivity index (χ2n) is 11.1. The standard InChI is InChI=1S/C31H22N8O13S/c32-31-34-25-22(26(53)35-31)33-14-36(25)27-24(52-30(42)17-5-11-20(12-6-17)39(47)48)23(51-29(41)16-3-9-19(10-4-16)38(45)46)21(50-27)13-49-28(40)15-1-7-18(8-2-15)37(43)44/h1-12,14,21,23-24,27H,13H2,(H3,32,34,35,53). The number of nitrogens with one attached hydrogen (secondary N) is 1. The molecule has 0 amide bonds. The van der Waals surface area contributed by atoms with Gasteiger partial charge in [0.1, 0.15) is 23.9 Å². The number of nitrogen functional groups attached to an aromatic ring is 1. The smallest absolute Gasteiger partial charge is 0.338 e. The minimum atomic E-state index is -1.58. The molecule has 4 atom stereocenters. The molecule has 3 aromatic carbocycles. The number of anilines is 1. The molecule has 0 bridgehead atoms. The number of fused-ring (bicyclic) bond motifs is 1. The first-order valence-electron chi connectivity index (χ1n) is 15.0. The van der Waals surface area contributed by atoms with Gasteiger partial charge in [-0.3, -0.25) is 34.9 Å². The molecule has 3 heterocycles. The average molecular weight is 747 g/mol. The first-order chi connectivity index (χ1) is 25.3. The number of nitrogens with zero attached hydrogens (tertiary/aromatic N) is 6. The fourth-order valence-corrected chi connectivity index (χ4v) is 5.51. The fraction of sp³-hybridized carbons (Fsp3) is 0.161. The van der Waals surface area contributed by atoms with Gasteiger partial charge in [0.05, 0.1) is 37.8 Å². The normalized spacial score (nSPS) is 17.9. The van der Waals surface area contributed by atoms with Crippen molar-refractivity contribution >= 4 is 64.3 Å². The lowest BCUT2D eigenvalue weighted by molar-refractivity contribution is -0.385. The molecule has 21 nitrogen and oxygen atoms in total. The molecule has 53 heavy (non-hydrogen) atoms. The molecule has 270 valence electrons. The van der Waals surface area contributed by atoms with E-state index in [9.17, 15) is 44.7 Å². The minimum absolute atomic E-state index is 0.00199. The van der Waals surface area contributed by atoms with Gasteiger partial charge in [0.2, 0.25) is 0 Å². The summed E-state index contributed by atoms with van der Waals surface area (Å²) < 4.78 is 24.7. The van der Waals surface area contributed by atoms with Crippen LogP contribution in [0, 0.1) is 35.0 Å². The van der Waals surface area contributed by atoms with Crippen molar-refractivity contribution < 1.29 is 48.1 Å². The number of aromatic amines is 1. The van der Waals surface area contributed by atoms with E-state index in [1.807, 2.05) is 0 Å². The van der Waals surface area contributed by atoms with E-state index in [1.165, 1.54) is 10.9 Å². The maximum Gasteiger partial charge on any atom is 0.338 e. The van der Waals surface area contributed by atoms with E-state index in [0.29, 0.717) is 0 Å². The zero-order valence-corrected chi connectivity index (χ0v) is 27.3. The van der Waals surface area contributed by atoms with Crippen LogP contribution in [0.5, 0.6) is 0 Å². The van der Waals surface area contributed by atoms with Crippen LogP contribution in [0.4, 0.5) is 23.0 Å². The highest BCUT2D eigenvalue weighted by molar-refractivity contribution is 7.71. The molecule has 1 aliphatic heterocycles. The molecule has 1 fully saturated rings. The van der Waals surface area contributed by atoms with Gasteiger partial charge in [-0.2, -0.15) is 0 Å². The van der Waals surface area contributed by atoms with E-state index in [2.05, 4.69) is 15.0 Å². The number of carbonyl (C=O) groups is 3. The third-order valence-electron chi connectivity index (χ3n) is 7.83. The van der Waals surface area contributed by atoms with Crippen molar-refractivity contribution in [2.24, 2.45) is 0 Å². The van der Waals surface area contributed by atoms with Gasteiger partial charge < -0.3 is 29.7 Å². The second-order valence-corrected chi connectivity index (χ2v) is 11.5. The molecular formula is C31H22N8O13S. The Labute approximate surface area is 299 Å². The number of H-pyrrole nitrogens is 1. The Morgan fingerprint density at radius 3 is 1.70 bits per heavy atom. The molecule has 1 aliphatic rings. The van der Waals surface area contributed by atoms with Crippen LogP contribution in [0.15, 0.2) is 79.1 Å². The highest BCUT2D eigenvalue weighted by atomic mass is 32.1. The summed E-state index contributed by atoms with van der Waals surface area (Å²) in [7, 11) is 0. The summed E-state index contributed by atoms with van der Waals surface area (Å²) in [4.78, 5) is 82.5. The number of esters is 3. The number of non-ortho nitro benzene ring substituents is 3. The van der Waals surface area contributed by atoms with E-state index in [1.54, 1.807) is 0 Å². The summed E-state index contributed by atoms with van der Waals surface area (Å²) in [6.45, 7) is -0.636. The van der Waals surface area contributed by atoms with Crippen molar-refractivity contribution in [1.29, 1.82) is 0 Å². The lowest BCUT2D eigenvalue weighted by Gasteiger charge is -2.25. The summed E-state index contributed by atoms with van der Waals surface area (Å²) in [5.41, 5.74) is 4.97. The molecule has 1 saturated heterocycles. The monoisotopic (exact) mass is 746 g/mol. The average Bonchev–Trinajstić information content (AvgIpc) is 3.71. The van der Waals surface area contributed by atoms with Crippen molar-refractivity contribution in [3.05, 3.63) is 131 Å². The van der Waals surface area contributed by atoms with Crippen LogP contribution < -0.4 is 5.73 Å². The van der Waals surface area contributed by atoms with E-state index in [4.69, 9.17) is 36.9 Å². The molecule has 2 aromatic heterocycles. The lowest BCUT2D eigenvalue weighted by atomic mass is 10.1. The molecular weight excluding hydrogens is 724 g/mol. The molecule has 0 radical (unpaired) electrons. The van der Waals surface area contributed by atoms with Crippen molar-refractivity contribution in [1.82, 2.24) is 19.5 Å². The van der Waals surface area contributed by atoms with Crippen molar-refractivity contribution in [3.8, 4) is 0 Å². The molecule has 0 spiro atoms. The van der Waals surface area contributed by atoms with Crippen LogP contribution in [0.1, 0.15) is 37.3 Å². The Kier molecular flexibility index (Phi) is 9.79. The van der Waals surface area contributed by atoms with E-state index in [0.717, 1.165) is 72.8 Å². The summed E-state index contributed by atoms with van der Waals surface area (Å²) in [6, 6.07) is 13.4. The van der Waals surface area contributed by atoms with Gasteiger partial charge in [-0.25, -0.2) is 24.4 Å². The largest absolute Gasteiger partial charge is 0.459 e. The maximum atomic E-state index is 13.5. The Morgan fingerprint density at radius 1 is 0.774 bits per heavy atom. The first-order valence-corrected chi connectivity index (χ1v) is 15.4. The van der Waals surface area contributed by atoms with Gasteiger partial charge in [0.15, 0.2) is 29.0 Å². The number of hydrogen-bond acceptors (Lipinski definition) is 17. The molecule has 6 rings (SSSR count). The zero-order chi connectivity index (χ0) is 38.0. The number of carbonyl (C=O) groups excluding carboxylic acids is 3. The third kappa shape index (κ3) is 7.47. The van der Waals surface area contributed by atoms with Crippen LogP contribution in [-0.4, -0.2) is 77.1 Å². The highest BCUT2D eigenvalue weighted by Crippen LogP contribution is 2.37. The number of hydrogen-bond donors (Lipinski definition) is 2. The number of rotatable bonds is 11. The second kappa shape index (κ2) is 14.6. The Morgan fingerprint density at radius 2 is 1.23 bits per heavy atom. The van der Waals surface area contributed by atoms with Crippen LogP contribution >= 0.6 is 12.2 Å². The van der Waals surface area contributed by atoms with E-state index < -0.39 is 63.8 Å². The first kappa shape index (κ1) is 35.6. The summed E-state index contributed by atoms with van der Waals surface area (Å²) in [5, 5.41) is 33.4. The highest BCUT2D eigenvalue weighted by Gasteiger charge is 2.52. The fourth-order valence-electron chi connectivity index (χ4n) is 5.26. The maximum absolute atomic E-state index is 13.5. The van der Waals surface area contributed by atoms with Crippen molar-refractivity contribution in [3.63, 3.8) is 0 Å². The zero-order valence-electron chi connectivity index (χ0n) is 26.5. The van der Waals surface area contributed by atoms with Gasteiger partial charge in [-0.05, 0) is 36.4 Å². The third-order valence-corrected chi connectivity index (χ3v) is 8.12. The van der Waals surface area contributed by atoms with Gasteiger partial charge in [0, 0.05) is 36.4 Å². The van der Waals surface area contributed by atoms with E-state index >= 15 is 0 Å². The van der Waals surface area contributed by atoms with Gasteiger partial charge >= 0.3 is 17.9 Å². The summed E-state index contributed by atoms with van der Waals surface area (Å²) >= 11 is 5.28. The number of benzene rings is 3. The SMILES string of the molecule is Nc1nc(=S)c2ncn(C3OC(COC(=O)c4ccc([N+](=O)[O-])cc4)C(OC(=O)c4ccc([N+](=O)[O-])cc4)C3OC(=O)c3ccc([N+](=O)[O-])cc3)c2[nH]1. The number of nitrogens with two attached hydrogens (primary N) is 1. The van der Waals surface area contributed by atoms with Gasteiger partial charge in [-0.1, -0.05) is 12.2 Å². The predicted octanol–water partition coefficient (Wildman–Crippen LogP) is 4.00. The molecule has 5 aromatic rings. The molecule has 4 unspecified atom stereocenters. The number of imidazole rings is 1. The van der Waals surface area contributed by atoms with Crippen molar-refractivity contribution in [2.75, 3.05) is 12.3 Å². The number of nitro benzene ring substituents is 3. The molecule has 3 N–H and O–H groups in total. The topological polar surface area (TPSA) is 290 Å². The predicted molar refractivity (Wildman–Crippen MR) is 179 cm³/mol. The van der Waals surface area contributed by atoms with Gasteiger partial charge in [0.25, 0.3) is 17.1 Å². The summed E-state index contributed by atoms with van der Waals surface area (Å²) in [6.07, 6.45) is -4.70. The van der Waals surface area contributed by atoms with Crippen LogP contribution in [0.2, 0.25) is 0 Å². The summed E-state index contributed by atoms with van der Waals surface area (Å²) in [5.74, 6) is -3.13. The lowest BCUT2D eigenvalue weighted by Crippen LogP contribution is -2.41. The molecule has 22 heteroatoms. The van der Waals surface area contributed by atoms with Crippen molar-refractivity contribution in [2.45, 2.75) is 24.5 Å². The molecule has 0 saturated carbocycles. The number of aromatic nitrogens is 4. The quantitative estimate of drug-likeness (QED) is 0.0634. The van der Waals surface area contributed by atoms with Gasteiger partial charge in [-0.15, -0.1) is 0 Å². The van der Waals surface area contributed by atoms with Crippen LogP contribution in [-0.2, 0) is 18.9 Å². The Balaban J connectivity index is 1.38. The van der Waals surface area contributed by atoms with E-state index in [-0.39, 0.29) is 55.5 Å².